The van der Waals surface area contributed by atoms with E-state index < -0.39 is 25.1 Å². The van der Waals surface area contributed by atoms with Crippen LogP contribution in [0, 0.1) is 0 Å². The Labute approximate surface area is 146 Å². The lowest BCUT2D eigenvalue weighted by molar-refractivity contribution is 0.309. The summed E-state index contributed by atoms with van der Waals surface area (Å²) in [6.07, 6.45) is 0. The van der Waals surface area contributed by atoms with Crippen LogP contribution in [0.4, 0.5) is 0 Å². The number of sulfone groups is 1. The van der Waals surface area contributed by atoms with Crippen molar-refractivity contribution < 1.29 is 16.8 Å². The highest BCUT2D eigenvalue weighted by Gasteiger charge is 2.43. The molecule has 128 valence electrons. The fourth-order valence-corrected chi connectivity index (χ4v) is 6.09. The Morgan fingerprint density at radius 1 is 0.917 bits per heavy atom. The number of sulfonamides is 1. The number of halogens is 1. The lowest BCUT2D eigenvalue weighted by Crippen LogP contribution is -2.56. The largest absolute Gasteiger partial charge is 0.223 e. The number of benzene rings is 2. The average molecular weight is 386 g/mol. The molecule has 0 atom stereocenters. The molecule has 0 unspecified atom stereocenters. The molecule has 0 N–H and O–H groups in total. The molecule has 2 aromatic rings. The Bertz CT molecular complexity index is 920. The Kier molecular flexibility index (Phi) is 4.70. The topological polar surface area (TPSA) is 71.5 Å². The highest BCUT2D eigenvalue weighted by molar-refractivity contribution is 7.92. The number of rotatable bonds is 5. The minimum Gasteiger partial charge on any atom is -0.223 e. The third-order valence-corrected chi connectivity index (χ3v) is 8.12. The molecule has 0 aliphatic carbocycles. The fraction of sp³-hybridized carbons (Fsp3) is 0.250. The monoisotopic (exact) mass is 385 g/mol. The summed E-state index contributed by atoms with van der Waals surface area (Å²) in [6.45, 7) is -0.0275. The molecular formula is C16H16ClNO4S2. The van der Waals surface area contributed by atoms with Crippen LogP contribution in [-0.4, -0.2) is 39.5 Å². The van der Waals surface area contributed by atoms with E-state index in [2.05, 4.69) is 0 Å². The molecule has 1 aliphatic heterocycles. The van der Waals surface area contributed by atoms with Crippen molar-refractivity contribution in [2.45, 2.75) is 15.9 Å². The van der Waals surface area contributed by atoms with Gasteiger partial charge in [-0.15, -0.1) is 0 Å². The van der Waals surface area contributed by atoms with Gasteiger partial charge in [0.2, 0.25) is 10.0 Å². The van der Waals surface area contributed by atoms with Gasteiger partial charge in [0.1, 0.15) is 0 Å². The first kappa shape index (κ1) is 17.4. The van der Waals surface area contributed by atoms with Crippen molar-refractivity contribution >= 4 is 31.5 Å². The van der Waals surface area contributed by atoms with Crippen molar-refractivity contribution in [3.8, 4) is 0 Å². The smallest absolute Gasteiger partial charge is 0.218 e. The van der Waals surface area contributed by atoms with Crippen LogP contribution < -0.4 is 0 Å². The molecule has 0 amide bonds. The van der Waals surface area contributed by atoms with Gasteiger partial charge in [0, 0.05) is 18.1 Å². The van der Waals surface area contributed by atoms with E-state index in [0.29, 0.717) is 10.6 Å². The molecule has 3 rings (SSSR count). The summed E-state index contributed by atoms with van der Waals surface area (Å²) in [4.78, 5) is 0.164. The Hall–Kier alpha value is -1.41. The highest BCUT2D eigenvalue weighted by Crippen LogP contribution is 2.27. The van der Waals surface area contributed by atoms with E-state index in [1.165, 1.54) is 28.6 Å². The van der Waals surface area contributed by atoms with Gasteiger partial charge in [-0.25, -0.2) is 16.8 Å². The SMILES string of the molecule is O=S(=O)(c1ccc(Cl)cc1)C1CN(S(=O)(=O)Cc2ccccc2)C1. The van der Waals surface area contributed by atoms with Crippen molar-refractivity contribution in [2.75, 3.05) is 13.1 Å². The first-order valence-electron chi connectivity index (χ1n) is 7.30. The van der Waals surface area contributed by atoms with E-state index in [4.69, 9.17) is 11.6 Å². The maximum atomic E-state index is 12.5. The van der Waals surface area contributed by atoms with Gasteiger partial charge in [-0.1, -0.05) is 41.9 Å². The van der Waals surface area contributed by atoms with Crippen molar-refractivity contribution in [2.24, 2.45) is 0 Å². The molecule has 0 bridgehead atoms. The van der Waals surface area contributed by atoms with Crippen LogP contribution >= 0.6 is 11.6 Å². The van der Waals surface area contributed by atoms with Gasteiger partial charge in [0.05, 0.1) is 15.9 Å². The van der Waals surface area contributed by atoms with E-state index in [-0.39, 0.29) is 23.7 Å². The molecule has 1 heterocycles. The maximum absolute atomic E-state index is 12.5. The van der Waals surface area contributed by atoms with Gasteiger partial charge in [0.25, 0.3) is 0 Å². The van der Waals surface area contributed by atoms with Gasteiger partial charge in [-0.05, 0) is 29.8 Å². The summed E-state index contributed by atoms with van der Waals surface area (Å²) < 4.78 is 50.9. The summed E-state index contributed by atoms with van der Waals surface area (Å²) in [6, 6.07) is 14.7. The molecule has 0 spiro atoms. The molecule has 8 heteroatoms. The molecule has 1 aliphatic rings. The van der Waals surface area contributed by atoms with Gasteiger partial charge < -0.3 is 0 Å². The summed E-state index contributed by atoms with van der Waals surface area (Å²) >= 11 is 5.77. The van der Waals surface area contributed by atoms with Crippen molar-refractivity contribution in [1.82, 2.24) is 4.31 Å². The van der Waals surface area contributed by atoms with Gasteiger partial charge in [-0.2, -0.15) is 4.31 Å². The van der Waals surface area contributed by atoms with E-state index in [0.717, 1.165) is 0 Å². The molecule has 0 saturated carbocycles. The van der Waals surface area contributed by atoms with Crippen LogP contribution in [0.3, 0.4) is 0 Å². The second kappa shape index (κ2) is 6.48. The van der Waals surface area contributed by atoms with Crippen molar-refractivity contribution in [3.63, 3.8) is 0 Å². The predicted molar refractivity (Wildman–Crippen MR) is 93.1 cm³/mol. The zero-order valence-electron chi connectivity index (χ0n) is 12.7. The lowest BCUT2D eigenvalue weighted by Gasteiger charge is -2.37. The molecule has 24 heavy (non-hydrogen) atoms. The molecule has 0 radical (unpaired) electrons. The number of nitrogens with zero attached hydrogens (tertiary/aromatic N) is 1. The zero-order chi connectivity index (χ0) is 17.4. The normalized spacial score (nSPS) is 16.7. The Balaban J connectivity index is 1.69. The van der Waals surface area contributed by atoms with E-state index in [9.17, 15) is 16.8 Å². The van der Waals surface area contributed by atoms with Crippen LogP contribution in [0.5, 0.6) is 0 Å². The average Bonchev–Trinajstić information content (AvgIpc) is 2.46. The lowest BCUT2D eigenvalue weighted by atomic mass is 10.2. The summed E-state index contributed by atoms with van der Waals surface area (Å²) in [5, 5.41) is -0.265. The Morgan fingerprint density at radius 2 is 1.50 bits per heavy atom. The number of hydrogen-bond donors (Lipinski definition) is 0. The predicted octanol–water partition coefficient (Wildman–Crippen LogP) is 2.33. The maximum Gasteiger partial charge on any atom is 0.218 e. The van der Waals surface area contributed by atoms with Gasteiger partial charge in [-0.3, -0.25) is 0 Å². The third kappa shape index (κ3) is 3.49. The quantitative estimate of drug-likeness (QED) is 0.791. The van der Waals surface area contributed by atoms with Crippen LogP contribution in [0.25, 0.3) is 0 Å². The van der Waals surface area contributed by atoms with Gasteiger partial charge >= 0.3 is 0 Å². The molecule has 2 aromatic carbocycles. The van der Waals surface area contributed by atoms with Crippen LogP contribution in [-0.2, 0) is 25.6 Å². The zero-order valence-corrected chi connectivity index (χ0v) is 15.1. The summed E-state index contributed by atoms with van der Waals surface area (Å²) in [5.74, 6) is -0.123. The van der Waals surface area contributed by atoms with Crippen LogP contribution in [0.1, 0.15) is 5.56 Å². The van der Waals surface area contributed by atoms with E-state index in [1.54, 1.807) is 24.3 Å². The molecular weight excluding hydrogens is 370 g/mol. The second-order valence-corrected chi connectivity index (χ2v) is 10.3. The summed E-state index contributed by atoms with van der Waals surface area (Å²) in [7, 11) is -7.06. The van der Waals surface area contributed by atoms with Crippen molar-refractivity contribution in [1.29, 1.82) is 0 Å². The molecule has 1 saturated heterocycles. The van der Waals surface area contributed by atoms with Gasteiger partial charge in [0.15, 0.2) is 9.84 Å². The van der Waals surface area contributed by atoms with Crippen molar-refractivity contribution in [3.05, 3.63) is 65.2 Å². The second-order valence-electron chi connectivity index (χ2n) is 5.68. The molecule has 0 aromatic heterocycles. The van der Waals surface area contributed by atoms with Crippen LogP contribution in [0.15, 0.2) is 59.5 Å². The standard InChI is InChI=1S/C16H16ClNO4S2/c17-14-6-8-15(9-7-14)24(21,22)16-10-18(11-16)23(19,20)12-13-4-2-1-3-5-13/h1-9,16H,10-12H2. The minimum absolute atomic E-state index is 0.0138. The van der Waals surface area contributed by atoms with E-state index in [1.807, 2.05) is 6.07 Å². The highest BCUT2D eigenvalue weighted by atomic mass is 35.5. The first-order valence-corrected chi connectivity index (χ1v) is 10.8. The molecule has 1 fully saturated rings. The van der Waals surface area contributed by atoms with Crippen LogP contribution in [0.2, 0.25) is 5.02 Å². The first-order chi connectivity index (χ1) is 11.3. The summed E-state index contributed by atoms with van der Waals surface area (Å²) in [5.41, 5.74) is 0.682. The Morgan fingerprint density at radius 3 is 2.08 bits per heavy atom. The van der Waals surface area contributed by atoms with E-state index >= 15 is 0 Å². The molecule has 5 nitrogen and oxygen atoms in total. The number of hydrogen-bond acceptors (Lipinski definition) is 4. The minimum atomic E-state index is -3.55. The fourth-order valence-electron chi connectivity index (χ4n) is 2.52. The third-order valence-electron chi connectivity index (χ3n) is 3.98.